The van der Waals surface area contributed by atoms with Gasteiger partial charge in [0, 0.05) is 36.2 Å². The molecule has 0 aliphatic carbocycles. The fraction of sp³-hybridized carbons (Fsp3) is 0.414. The zero-order chi connectivity index (χ0) is 26.3. The third kappa shape index (κ3) is 6.06. The monoisotopic (exact) mass is 517 g/mol. The van der Waals surface area contributed by atoms with Gasteiger partial charge in [0.25, 0.3) is 0 Å². The Bertz CT molecular complexity index is 1340. The van der Waals surface area contributed by atoms with Crippen LogP contribution >= 0.6 is 0 Å². The lowest BCUT2D eigenvalue weighted by Gasteiger charge is -2.31. The number of likely N-dealkylation sites (tertiary alicyclic amines) is 1. The first-order valence-electron chi connectivity index (χ1n) is 13.2. The highest BCUT2D eigenvalue weighted by Crippen LogP contribution is 2.32. The molecule has 0 bridgehead atoms. The van der Waals surface area contributed by atoms with Gasteiger partial charge in [-0.05, 0) is 68.7 Å². The van der Waals surface area contributed by atoms with Crippen LogP contribution in [-0.2, 0) is 17.7 Å². The number of benzene rings is 2. The van der Waals surface area contributed by atoms with Crippen molar-refractivity contribution in [2.45, 2.75) is 31.7 Å². The fourth-order valence-corrected chi connectivity index (χ4v) is 5.13. The molecule has 200 valence electrons. The quantitative estimate of drug-likeness (QED) is 0.237. The third-order valence-corrected chi connectivity index (χ3v) is 7.28. The lowest BCUT2D eigenvalue weighted by atomic mass is 9.91. The molecule has 1 aliphatic heterocycles. The van der Waals surface area contributed by atoms with Crippen molar-refractivity contribution in [1.82, 2.24) is 25.2 Å². The molecule has 0 amide bonds. The minimum absolute atomic E-state index is 0.380. The van der Waals surface area contributed by atoms with Crippen molar-refractivity contribution in [3.8, 4) is 5.75 Å². The standard InChI is InChI=1S/C29H35N5O4/c1-36-24-9-7-21(8-10-24)19-34-20-23(28(31-34)29(35)37-2)11-14-30-15-18-33-16-12-22(13-17-33)27-25-5-3-4-6-26(25)38-32-27/h3-10,20,22,30H,11-19H2,1-2H3. The number of para-hydroxylation sites is 1. The first kappa shape index (κ1) is 25.9. The van der Waals surface area contributed by atoms with Crippen molar-refractivity contribution in [3.63, 3.8) is 0 Å². The largest absolute Gasteiger partial charge is 0.497 e. The molecule has 0 radical (unpaired) electrons. The van der Waals surface area contributed by atoms with Gasteiger partial charge in [-0.2, -0.15) is 5.10 Å². The molecule has 1 aliphatic rings. The van der Waals surface area contributed by atoms with E-state index in [1.807, 2.05) is 48.7 Å². The van der Waals surface area contributed by atoms with E-state index in [0.29, 0.717) is 24.6 Å². The number of esters is 1. The summed E-state index contributed by atoms with van der Waals surface area (Å²) in [5, 5.41) is 13.5. The van der Waals surface area contributed by atoms with E-state index < -0.39 is 5.97 Å². The highest BCUT2D eigenvalue weighted by atomic mass is 16.5. The summed E-state index contributed by atoms with van der Waals surface area (Å²) in [5.74, 6) is 0.856. The molecule has 2 aromatic carbocycles. The number of carbonyl (C=O) groups is 1. The Kier molecular flexibility index (Phi) is 8.35. The first-order valence-corrected chi connectivity index (χ1v) is 13.2. The molecule has 0 saturated carbocycles. The highest BCUT2D eigenvalue weighted by Gasteiger charge is 2.24. The molecule has 1 saturated heterocycles. The van der Waals surface area contributed by atoms with Gasteiger partial charge in [-0.1, -0.05) is 29.4 Å². The zero-order valence-corrected chi connectivity index (χ0v) is 22.1. The molecule has 9 heteroatoms. The van der Waals surface area contributed by atoms with Gasteiger partial charge in [0.05, 0.1) is 26.5 Å². The molecule has 38 heavy (non-hydrogen) atoms. The minimum atomic E-state index is -0.406. The summed E-state index contributed by atoms with van der Waals surface area (Å²) in [6, 6.07) is 15.9. The summed E-state index contributed by atoms with van der Waals surface area (Å²) in [4.78, 5) is 14.8. The van der Waals surface area contributed by atoms with E-state index in [2.05, 4.69) is 26.5 Å². The van der Waals surface area contributed by atoms with Crippen molar-refractivity contribution in [1.29, 1.82) is 0 Å². The van der Waals surface area contributed by atoms with Crippen LogP contribution in [0.5, 0.6) is 5.75 Å². The van der Waals surface area contributed by atoms with E-state index in [1.165, 1.54) is 7.11 Å². The maximum atomic E-state index is 12.3. The van der Waals surface area contributed by atoms with Gasteiger partial charge in [-0.25, -0.2) is 4.79 Å². The number of hydrogen-bond acceptors (Lipinski definition) is 8. The average molecular weight is 518 g/mol. The number of methoxy groups -OCH3 is 2. The van der Waals surface area contributed by atoms with Crippen LogP contribution in [0.4, 0.5) is 0 Å². The number of fused-ring (bicyclic) bond motifs is 1. The van der Waals surface area contributed by atoms with E-state index in [0.717, 1.165) is 79.1 Å². The summed E-state index contributed by atoms with van der Waals surface area (Å²) in [5.41, 5.74) is 4.32. The van der Waals surface area contributed by atoms with Gasteiger partial charge in [0.2, 0.25) is 0 Å². The van der Waals surface area contributed by atoms with Crippen LogP contribution in [0, 0.1) is 0 Å². The number of aromatic nitrogens is 3. The lowest BCUT2D eigenvalue weighted by Crippen LogP contribution is -2.38. The number of piperidine rings is 1. The number of hydrogen-bond donors (Lipinski definition) is 1. The van der Waals surface area contributed by atoms with Gasteiger partial charge in [0.1, 0.15) is 5.75 Å². The van der Waals surface area contributed by atoms with Crippen LogP contribution in [-0.4, -0.2) is 72.7 Å². The van der Waals surface area contributed by atoms with Gasteiger partial charge in [-0.15, -0.1) is 0 Å². The van der Waals surface area contributed by atoms with Crippen molar-refractivity contribution in [3.05, 3.63) is 77.2 Å². The van der Waals surface area contributed by atoms with Crippen molar-refractivity contribution in [2.75, 3.05) is 46.9 Å². The van der Waals surface area contributed by atoms with Crippen LogP contribution in [0.2, 0.25) is 0 Å². The van der Waals surface area contributed by atoms with E-state index >= 15 is 0 Å². The van der Waals surface area contributed by atoms with Crippen LogP contribution in [0.1, 0.15) is 46.1 Å². The summed E-state index contributed by atoms with van der Waals surface area (Å²) in [7, 11) is 3.04. The predicted octanol–water partition coefficient (Wildman–Crippen LogP) is 3.88. The molecule has 4 aromatic rings. The maximum absolute atomic E-state index is 12.3. The highest BCUT2D eigenvalue weighted by molar-refractivity contribution is 5.88. The number of ether oxygens (including phenoxy) is 2. The molecule has 0 spiro atoms. The van der Waals surface area contributed by atoms with Crippen LogP contribution < -0.4 is 10.1 Å². The van der Waals surface area contributed by atoms with Crippen LogP contribution in [0.25, 0.3) is 11.0 Å². The molecule has 9 nitrogen and oxygen atoms in total. The van der Waals surface area contributed by atoms with Gasteiger partial charge < -0.3 is 24.2 Å². The number of carbonyl (C=O) groups excluding carboxylic acids is 1. The molecule has 3 heterocycles. The molecule has 5 rings (SSSR count). The molecule has 2 aromatic heterocycles. The number of nitrogens with zero attached hydrogens (tertiary/aromatic N) is 4. The van der Waals surface area contributed by atoms with Gasteiger partial charge in [0.15, 0.2) is 11.3 Å². The van der Waals surface area contributed by atoms with E-state index in [9.17, 15) is 4.79 Å². The Morgan fingerprint density at radius 3 is 2.63 bits per heavy atom. The molecular weight excluding hydrogens is 482 g/mol. The summed E-state index contributed by atoms with van der Waals surface area (Å²) >= 11 is 0. The van der Waals surface area contributed by atoms with E-state index in [4.69, 9.17) is 14.0 Å². The third-order valence-electron chi connectivity index (χ3n) is 7.28. The number of rotatable bonds is 11. The van der Waals surface area contributed by atoms with Crippen molar-refractivity contribution < 1.29 is 18.8 Å². The predicted molar refractivity (Wildman–Crippen MR) is 145 cm³/mol. The SMILES string of the molecule is COC(=O)c1nn(Cc2ccc(OC)cc2)cc1CCNCCN1CCC(c2noc3ccccc23)CC1. The summed E-state index contributed by atoms with van der Waals surface area (Å²) < 4.78 is 17.5. The Morgan fingerprint density at radius 1 is 1.08 bits per heavy atom. The normalized spacial score (nSPS) is 14.7. The smallest absolute Gasteiger partial charge is 0.358 e. The lowest BCUT2D eigenvalue weighted by molar-refractivity contribution is 0.0592. The number of nitrogens with one attached hydrogen (secondary N) is 1. The summed E-state index contributed by atoms with van der Waals surface area (Å²) in [6.07, 6.45) is 4.82. The molecule has 0 atom stereocenters. The van der Waals surface area contributed by atoms with Gasteiger partial charge >= 0.3 is 5.97 Å². The Morgan fingerprint density at radius 2 is 1.87 bits per heavy atom. The molecule has 1 N–H and O–H groups in total. The Hall–Kier alpha value is -3.69. The first-order chi connectivity index (χ1) is 18.6. The fourth-order valence-electron chi connectivity index (χ4n) is 5.13. The Balaban J connectivity index is 1.07. The Labute approximate surface area is 222 Å². The van der Waals surface area contributed by atoms with Crippen molar-refractivity contribution in [2.24, 2.45) is 0 Å². The molecule has 0 unspecified atom stereocenters. The van der Waals surface area contributed by atoms with Crippen LogP contribution in [0.3, 0.4) is 0 Å². The second kappa shape index (κ2) is 12.2. The second-order valence-corrected chi connectivity index (χ2v) is 9.72. The minimum Gasteiger partial charge on any atom is -0.497 e. The van der Waals surface area contributed by atoms with E-state index in [1.54, 1.807) is 11.8 Å². The topological polar surface area (TPSA) is 94.6 Å². The maximum Gasteiger partial charge on any atom is 0.358 e. The van der Waals surface area contributed by atoms with Gasteiger partial charge in [-0.3, -0.25) is 4.68 Å². The van der Waals surface area contributed by atoms with Crippen LogP contribution in [0.15, 0.2) is 59.3 Å². The second-order valence-electron chi connectivity index (χ2n) is 9.72. The summed E-state index contributed by atoms with van der Waals surface area (Å²) in [6.45, 7) is 5.33. The van der Waals surface area contributed by atoms with E-state index in [-0.39, 0.29) is 0 Å². The molecule has 1 fully saturated rings. The average Bonchev–Trinajstić information content (AvgIpc) is 3.57. The van der Waals surface area contributed by atoms with Crippen molar-refractivity contribution >= 4 is 16.9 Å². The molecular formula is C29H35N5O4. The zero-order valence-electron chi connectivity index (χ0n) is 22.1.